The maximum atomic E-state index is 12.3. The van der Waals surface area contributed by atoms with Crippen LogP contribution < -0.4 is 0 Å². The minimum Gasteiger partial charge on any atom is -0.454 e. The standard InChI is InChI=1S/C26H22N2O3S/c1-2-19-10-12-20(13-11-19)23(29)18-31-25(30)15-14-21-17-28(22-7-4-3-5-8-22)27-26(21)24-9-6-16-32-24/h3-17H,2,18H2,1H3. The Labute approximate surface area is 190 Å². The van der Waals surface area contributed by atoms with Crippen molar-refractivity contribution in [3.8, 4) is 16.3 Å². The second-order valence-electron chi connectivity index (χ2n) is 7.11. The van der Waals surface area contributed by atoms with Crippen LogP contribution in [0, 0.1) is 0 Å². The highest BCUT2D eigenvalue weighted by atomic mass is 32.1. The van der Waals surface area contributed by atoms with Gasteiger partial charge in [-0.1, -0.05) is 55.5 Å². The summed E-state index contributed by atoms with van der Waals surface area (Å²) in [6.07, 6.45) is 5.78. The fraction of sp³-hybridized carbons (Fsp3) is 0.115. The van der Waals surface area contributed by atoms with Gasteiger partial charge in [0.25, 0.3) is 0 Å². The zero-order chi connectivity index (χ0) is 22.3. The van der Waals surface area contributed by atoms with Crippen molar-refractivity contribution in [2.24, 2.45) is 0 Å². The fourth-order valence-corrected chi connectivity index (χ4v) is 3.91. The Bertz CT molecular complexity index is 1220. The highest BCUT2D eigenvalue weighted by Gasteiger charge is 2.13. The van der Waals surface area contributed by atoms with Crippen molar-refractivity contribution < 1.29 is 14.3 Å². The molecule has 0 fully saturated rings. The average Bonchev–Trinajstić information content (AvgIpc) is 3.52. The third kappa shape index (κ3) is 5.10. The molecule has 0 amide bonds. The van der Waals surface area contributed by atoms with Crippen LogP contribution in [0.1, 0.15) is 28.4 Å². The molecule has 0 saturated heterocycles. The number of hydrogen-bond acceptors (Lipinski definition) is 5. The molecule has 0 aliphatic heterocycles. The summed E-state index contributed by atoms with van der Waals surface area (Å²) in [5, 5.41) is 6.68. The molecule has 4 aromatic rings. The van der Waals surface area contributed by atoms with Crippen molar-refractivity contribution in [1.82, 2.24) is 9.78 Å². The predicted molar refractivity (Wildman–Crippen MR) is 127 cm³/mol. The quantitative estimate of drug-likeness (QED) is 0.202. The van der Waals surface area contributed by atoms with Gasteiger partial charge in [-0.15, -0.1) is 11.3 Å². The van der Waals surface area contributed by atoms with Crippen LogP contribution in [-0.2, 0) is 16.0 Å². The number of nitrogens with zero attached hydrogens (tertiary/aromatic N) is 2. The Balaban J connectivity index is 1.46. The summed E-state index contributed by atoms with van der Waals surface area (Å²) >= 11 is 1.58. The normalized spacial score (nSPS) is 11.0. The van der Waals surface area contributed by atoms with Crippen LogP contribution in [0.25, 0.3) is 22.3 Å². The number of Topliss-reactive ketones (excluding diaryl/α,β-unsaturated/α-hetero) is 1. The first-order chi connectivity index (χ1) is 15.6. The van der Waals surface area contributed by atoms with E-state index in [2.05, 4.69) is 6.92 Å². The summed E-state index contributed by atoms with van der Waals surface area (Å²) in [5.74, 6) is -0.807. The van der Waals surface area contributed by atoms with Gasteiger partial charge in [-0.3, -0.25) is 4.79 Å². The number of ether oxygens (including phenoxy) is 1. The second kappa shape index (κ2) is 10.0. The summed E-state index contributed by atoms with van der Waals surface area (Å²) in [5.41, 5.74) is 4.17. The third-order valence-corrected chi connectivity index (χ3v) is 5.82. The van der Waals surface area contributed by atoms with Gasteiger partial charge in [0.1, 0.15) is 5.69 Å². The van der Waals surface area contributed by atoms with Crippen molar-refractivity contribution >= 4 is 29.2 Å². The van der Waals surface area contributed by atoms with Crippen molar-refractivity contribution in [1.29, 1.82) is 0 Å². The Hall–Kier alpha value is -3.77. The maximum absolute atomic E-state index is 12.3. The molecule has 160 valence electrons. The van der Waals surface area contributed by atoms with Gasteiger partial charge >= 0.3 is 5.97 Å². The van der Waals surface area contributed by atoms with Crippen LogP contribution >= 0.6 is 11.3 Å². The summed E-state index contributed by atoms with van der Waals surface area (Å²) in [4.78, 5) is 25.5. The fourth-order valence-electron chi connectivity index (χ4n) is 3.18. The Morgan fingerprint density at radius 2 is 1.81 bits per heavy atom. The zero-order valence-electron chi connectivity index (χ0n) is 17.6. The number of carbonyl (C=O) groups excluding carboxylic acids is 2. The van der Waals surface area contributed by atoms with E-state index in [0.717, 1.165) is 33.8 Å². The topological polar surface area (TPSA) is 61.2 Å². The van der Waals surface area contributed by atoms with Crippen molar-refractivity contribution in [3.05, 3.63) is 101 Å². The lowest BCUT2D eigenvalue weighted by Crippen LogP contribution is -2.12. The van der Waals surface area contributed by atoms with Crippen LogP contribution in [-0.4, -0.2) is 28.1 Å². The molecule has 2 heterocycles. The predicted octanol–water partition coefficient (Wildman–Crippen LogP) is 5.60. The van der Waals surface area contributed by atoms with Gasteiger partial charge in [0.2, 0.25) is 0 Å². The summed E-state index contributed by atoms with van der Waals surface area (Å²) in [6, 6.07) is 21.1. The Morgan fingerprint density at radius 3 is 2.50 bits per heavy atom. The van der Waals surface area contributed by atoms with Crippen LogP contribution in [0.3, 0.4) is 0 Å². The lowest BCUT2D eigenvalue weighted by Gasteiger charge is -2.03. The SMILES string of the molecule is CCc1ccc(C(=O)COC(=O)C=Cc2cn(-c3ccccc3)nc2-c2cccs2)cc1. The van der Waals surface area contributed by atoms with Crippen molar-refractivity contribution in [2.45, 2.75) is 13.3 Å². The first-order valence-corrected chi connectivity index (χ1v) is 11.2. The molecule has 0 bridgehead atoms. The van der Waals surface area contributed by atoms with E-state index in [1.807, 2.05) is 66.2 Å². The van der Waals surface area contributed by atoms with E-state index in [0.29, 0.717) is 5.56 Å². The number of para-hydroxylation sites is 1. The molecule has 0 atom stereocenters. The van der Waals surface area contributed by atoms with E-state index < -0.39 is 5.97 Å². The number of hydrogen-bond donors (Lipinski definition) is 0. The molecule has 0 radical (unpaired) electrons. The van der Waals surface area contributed by atoms with Gasteiger partial charge in [0.05, 0.1) is 10.6 Å². The minimum absolute atomic E-state index is 0.231. The first-order valence-electron chi connectivity index (χ1n) is 10.3. The molecule has 0 aliphatic rings. The molecule has 32 heavy (non-hydrogen) atoms. The van der Waals surface area contributed by atoms with Gasteiger partial charge < -0.3 is 4.74 Å². The molecule has 0 N–H and O–H groups in total. The van der Waals surface area contributed by atoms with E-state index in [4.69, 9.17) is 9.84 Å². The van der Waals surface area contributed by atoms with E-state index in [-0.39, 0.29) is 12.4 Å². The molecular formula is C26H22N2O3S. The minimum atomic E-state index is -0.576. The summed E-state index contributed by atoms with van der Waals surface area (Å²) in [7, 11) is 0. The maximum Gasteiger partial charge on any atom is 0.331 e. The zero-order valence-corrected chi connectivity index (χ0v) is 18.4. The summed E-state index contributed by atoms with van der Waals surface area (Å²) < 4.78 is 6.94. The molecule has 0 unspecified atom stereocenters. The average molecular weight is 443 g/mol. The van der Waals surface area contributed by atoms with Gasteiger partial charge in [-0.2, -0.15) is 5.10 Å². The highest BCUT2D eigenvalue weighted by Crippen LogP contribution is 2.28. The van der Waals surface area contributed by atoms with Gasteiger partial charge in [-0.25, -0.2) is 9.48 Å². The molecular weight excluding hydrogens is 420 g/mol. The molecule has 5 nitrogen and oxygen atoms in total. The van der Waals surface area contributed by atoms with Gasteiger partial charge in [0.15, 0.2) is 12.4 Å². The lowest BCUT2D eigenvalue weighted by molar-refractivity contribution is -0.136. The number of thiophene rings is 1. The van der Waals surface area contributed by atoms with Gasteiger partial charge in [-0.05, 0) is 41.6 Å². The molecule has 6 heteroatoms. The molecule has 0 aliphatic carbocycles. The smallest absolute Gasteiger partial charge is 0.331 e. The number of esters is 1. The molecule has 0 saturated carbocycles. The van der Waals surface area contributed by atoms with Crippen LogP contribution in [0.2, 0.25) is 0 Å². The van der Waals surface area contributed by atoms with Crippen LogP contribution in [0.5, 0.6) is 0 Å². The van der Waals surface area contributed by atoms with E-state index in [1.54, 1.807) is 34.2 Å². The second-order valence-corrected chi connectivity index (χ2v) is 8.05. The van der Waals surface area contributed by atoms with Gasteiger partial charge in [0, 0.05) is 23.4 Å². The number of rotatable bonds is 8. The summed E-state index contributed by atoms with van der Waals surface area (Å²) in [6.45, 7) is 1.76. The molecule has 4 rings (SSSR count). The van der Waals surface area contributed by atoms with E-state index >= 15 is 0 Å². The van der Waals surface area contributed by atoms with Crippen molar-refractivity contribution in [2.75, 3.05) is 6.61 Å². The number of aryl methyl sites for hydroxylation is 1. The highest BCUT2D eigenvalue weighted by molar-refractivity contribution is 7.13. The largest absolute Gasteiger partial charge is 0.454 e. The van der Waals surface area contributed by atoms with Crippen LogP contribution in [0.4, 0.5) is 0 Å². The number of benzene rings is 2. The van der Waals surface area contributed by atoms with E-state index in [9.17, 15) is 9.59 Å². The van der Waals surface area contributed by atoms with E-state index in [1.165, 1.54) is 6.08 Å². The number of carbonyl (C=O) groups is 2. The molecule has 2 aromatic heterocycles. The number of aromatic nitrogens is 2. The lowest BCUT2D eigenvalue weighted by atomic mass is 10.1. The first kappa shape index (κ1) is 21.5. The monoisotopic (exact) mass is 442 g/mol. The van der Waals surface area contributed by atoms with Crippen LogP contribution in [0.15, 0.2) is 84.4 Å². The Kier molecular flexibility index (Phi) is 6.72. The molecule has 0 spiro atoms. The number of ketones is 1. The van der Waals surface area contributed by atoms with Crippen molar-refractivity contribution in [3.63, 3.8) is 0 Å². The third-order valence-electron chi connectivity index (χ3n) is 4.95. The molecule has 2 aromatic carbocycles. The Morgan fingerprint density at radius 1 is 1.03 bits per heavy atom.